The fourth-order valence-electron chi connectivity index (χ4n) is 4.26. The summed E-state index contributed by atoms with van der Waals surface area (Å²) in [5.74, 6) is 0.776. The number of hydrogen-bond acceptors (Lipinski definition) is 6. The number of benzene rings is 2. The van der Waals surface area contributed by atoms with E-state index in [9.17, 15) is 14.0 Å². The van der Waals surface area contributed by atoms with Gasteiger partial charge < -0.3 is 14.4 Å². The quantitative estimate of drug-likeness (QED) is 0.435. The Hall–Kier alpha value is -3.72. The minimum Gasteiger partial charge on any atom is -0.493 e. The summed E-state index contributed by atoms with van der Waals surface area (Å²) in [6.07, 6.45) is 2.10. The maximum atomic E-state index is 13.3. The molecule has 0 radical (unpaired) electrons. The highest BCUT2D eigenvalue weighted by atomic mass is 32.1. The van der Waals surface area contributed by atoms with E-state index in [2.05, 4.69) is 4.98 Å². The lowest BCUT2D eigenvalue weighted by molar-refractivity contribution is -0.132. The highest BCUT2D eigenvalue weighted by molar-refractivity contribution is 7.17. The number of thiophene rings is 1. The molecule has 2 aromatic heterocycles. The number of amides is 1. The highest BCUT2D eigenvalue weighted by Gasteiger charge is 2.24. The van der Waals surface area contributed by atoms with E-state index in [1.807, 2.05) is 17.5 Å². The van der Waals surface area contributed by atoms with Gasteiger partial charge in [0.25, 0.3) is 5.56 Å². The van der Waals surface area contributed by atoms with Crippen molar-refractivity contribution in [2.45, 2.75) is 19.5 Å². The van der Waals surface area contributed by atoms with Crippen molar-refractivity contribution in [1.82, 2.24) is 14.5 Å². The largest absolute Gasteiger partial charge is 0.493 e. The molecule has 0 saturated heterocycles. The maximum absolute atomic E-state index is 13.3. The Labute approximate surface area is 199 Å². The Balaban J connectivity index is 1.41. The lowest BCUT2D eigenvalue weighted by atomic mass is 9.98. The fraction of sp³-hybridized carbons (Fsp3) is 0.240. The van der Waals surface area contributed by atoms with Crippen LogP contribution in [0.5, 0.6) is 11.5 Å². The molecular formula is C25H22FN3O4S. The van der Waals surface area contributed by atoms with Crippen molar-refractivity contribution < 1.29 is 18.7 Å². The molecule has 0 atom stereocenters. The molecule has 4 aromatic rings. The zero-order chi connectivity index (χ0) is 23.8. The van der Waals surface area contributed by atoms with Crippen LogP contribution in [0.4, 0.5) is 4.39 Å². The van der Waals surface area contributed by atoms with Crippen molar-refractivity contribution in [1.29, 1.82) is 0 Å². The fourth-order valence-corrected chi connectivity index (χ4v) is 5.17. The Morgan fingerprint density at radius 2 is 1.82 bits per heavy atom. The molecule has 34 heavy (non-hydrogen) atoms. The Kier molecular flexibility index (Phi) is 5.79. The second kappa shape index (κ2) is 8.90. The van der Waals surface area contributed by atoms with Crippen LogP contribution in [0.25, 0.3) is 21.3 Å². The minimum atomic E-state index is -0.344. The molecule has 0 aliphatic carbocycles. The van der Waals surface area contributed by atoms with E-state index < -0.39 is 0 Å². The van der Waals surface area contributed by atoms with E-state index in [4.69, 9.17) is 9.47 Å². The van der Waals surface area contributed by atoms with Crippen molar-refractivity contribution in [3.8, 4) is 22.6 Å². The van der Waals surface area contributed by atoms with Crippen LogP contribution in [-0.4, -0.2) is 41.1 Å². The first kappa shape index (κ1) is 22.1. The van der Waals surface area contributed by atoms with Crippen molar-refractivity contribution in [2.24, 2.45) is 0 Å². The molecule has 0 fully saturated rings. The zero-order valence-corrected chi connectivity index (χ0v) is 19.5. The van der Waals surface area contributed by atoms with E-state index in [1.165, 1.54) is 34.4 Å². The first-order valence-electron chi connectivity index (χ1n) is 10.7. The number of rotatable bonds is 5. The summed E-state index contributed by atoms with van der Waals surface area (Å²) in [6.45, 7) is 0.867. The molecule has 0 spiro atoms. The summed E-state index contributed by atoms with van der Waals surface area (Å²) in [7, 11) is 3.18. The van der Waals surface area contributed by atoms with Gasteiger partial charge in [-0.3, -0.25) is 14.2 Å². The van der Waals surface area contributed by atoms with Gasteiger partial charge in [-0.2, -0.15) is 0 Å². The number of halogens is 1. The molecule has 5 rings (SSSR count). The summed E-state index contributed by atoms with van der Waals surface area (Å²) in [6, 6.07) is 9.83. The van der Waals surface area contributed by atoms with Crippen molar-refractivity contribution in [2.75, 3.05) is 20.8 Å². The number of aromatic nitrogens is 2. The van der Waals surface area contributed by atoms with Crippen LogP contribution < -0.4 is 15.0 Å². The van der Waals surface area contributed by atoms with Gasteiger partial charge in [-0.25, -0.2) is 9.37 Å². The van der Waals surface area contributed by atoms with Crippen molar-refractivity contribution in [3.63, 3.8) is 0 Å². The zero-order valence-electron chi connectivity index (χ0n) is 18.7. The molecule has 7 nitrogen and oxygen atoms in total. The van der Waals surface area contributed by atoms with Crippen LogP contribution in [0.3, 0.4) is 0 Å². The number of fused-ring (bicyclic) bond motifs is 2. The van der Waals surface area contributed by atoms with Gasteiger partial charge in [0.15, 0.2) is 11.5 Å². The smallest absolute Gasteiger partial charge is 0.263 e. The standard InChI is InChI=1S/C25H22FN3O4S/c1-32-20-9-16-7-8-28(11-17(16)10-21(20)33-2)22(30)12-29-14-27-24-23(25(29)31)19(13-34-24)15-3-5-18(26)6-4-15/h3-6,9-10,13-14H,7-8,11-12H2,1-2H3. The number of ether oxygens (including phenoxy) is 2. The lowest BCUT2D eigenvalue weighted by Gasteiger charge is -2.29. The predicted octanol–water partition coefficient (Wildman–Crippen LogP) is 3.87. The van der Waals surface area contributed by atoms with Crippen molar-refractivity contribution in [3.05, 3.63) is 75.4 Å². The average molecular weight is 480 g/mol. The normalized spacial score (nSPS) is 13.1. The first-order valence-corrected chi connectivity index (χ1v) is 11.6. The summed E-state index contributed by atoms with van der Waals surface area (Å²) in [5, 5.41) is 2.27. The van der Waals surface area contributed by atoms with Crippen LogP contribution in [0, 0.1) is 5.82 Å². The van der Waals surface area contributed by atoms with Crippen LogP contribution >= 0.6 is 11.3 Å². The molecule has 0 bridgehead atoms. The van der Waals surface area contributed by atoms with Gasteiger partial charge in [0.1, 0.15) is 17.2 Å². The number of methoxy groups -OCH3 is 2. The minimum absolute atomic E-state index is 0.108. The van der Waals surface area contributed by atoms with E-state index in [0.717, 1.165) is 16.7 Å². The second-order valence-corrected chi connectivity index (χ2v) is 8.91. The van der Waals surface area contributed by atoms with Gasteiger partial charge in [-0.05, 0) is 47.4 Å². The van der Waals surface area contributed by atoms with Crippen LogP contribution in [0.2, 0.25) is 0 Å². The lowest BCUT2D eigenvalue weighted by Crippen LogP contribution is -2.39. The third-order valence-corrected chi connectivity index (χ3v) is 6.98. The highest BCUT2D eigenvalue weighted by Crippen LogP contribution is 2.33. The summed E-state index contributed by atoms with van der Waals surface area (Å²) in [5.41, 5.74) is 3.24. The Morgan fingerprint density at radius 3 is 2.53 bits per heavy atom. The molecule has 0 N–H and O–H groups in total. The Bertz CT molecular complexity index is 1450. The SMILES string of the molecule is COc1cc2c(cc1OC)CN(C(=O)Cn1cnc3scc(-c4ccc(F)cc4)c3c1=O)CC2. The molecule has 1 amide bonds. The predicted molar refractivity (Wildman–Crippen MR) is 128 cm³/mol. The molecule has 1 aliphatic heterocycles. The molecule has 3 heterocycles. The van der Waals surface area contributed by atoms with Gasteiger partial charge in [-0.1, -0.05) is 12.1 Å². The summed E-state index contributed by atoms with van der Waals surface area (Å²) in [4.78, 5) is 33.1. The summed E-state index contributed by atoms with van der Waals surface area (Å²) < 4.78 is 25.5. The number of nitrogens with zero attached hydrogens (tertiary/aromatic N) is 3. The molecule has 0 saturated carbocycles. The van der Waals surface area contributed by atoms with Gasteiger partial charge in [0.2, 0.25) is 5.91 Å². The number of carbonyl (C=O) groups is 1. The molecular weight excluding hydrogens is 457 g/mol. The molecule has 174 valence electrons. The van der Waals surface area contributed by atoms with Gasteiger partial charge in [0, 0.05) is 24.0 Å². The van der Waals surface area contributed by atoms with E-state index in [1.54, 1.807) is 31.3 Å². The first-order chi connectivity index (χ1) is 16.5. The van der Waals surface area contributed by atoms with Crippen molar-refractivity contribution >= 4 is 27.5 Å². The molecule has 0 unspecified atom stereocenters. The van der Waals surface area contributed by atoms with Gasteiger partial charge >= 0.3 is 0 Å². The molecule has 9 heteroatoms. The van der Waals surface area contributed by atoms with Crippen LogP contribution in [0.1, 0.15) is 11.1 Å². The topological polar surface area (TPSA) is 73.7 Å². The van der Waals surface area contributed by atoms with Crippen LogP contribution in [0.15, 0.2) is 52.9 Å². The number of carbonyl (C=O) groups excluding carboxylic acids is 1. The second-order valence-electron chi connectivity index (χ2n) is 8.06. The van der Waals surface area contributed by atoms with Crippen LogP contribution in [-0.2, 0) is 24.3 Å². The third-order valence-electron chi connectivity index (χ3n) is 6.09. The summed E-state index contributed by atoms with van der Waals surface area (Å²) >= 11 is 1.35. The Morgan fingerprint density at radius 1 is 1.12 bits per heavy atom. The molecule has 1 aliphatic rings. The van der Waals surface area contributed by atoms with Gasteiger partial charge in [-0.15, -0.1) is 11.3 Å². The van der Waals surface area contributed by atoms with E-state index in [-0.39, 0.29) is 23.8 Å². The van der Waals surface area contributed by atoms with E-state index in [0.29, 0.717) is 46.8 Å². The maximum Gasteiger partial charge on any atom is 0.263 e. The monoisotopic (exact) mass is 479 g/mol. The average Bonchev–Trinajstić information content (AvgIpc) is 3.29. The van der Waals surface area contributed by atoms with E-state index >= 15 is 0 Å². The number of hydrogen-bond donors (Lipinski definition) is 0. The third kappa shape index (κ3) is 3.92. The van der Waals surface area contributed by atoms with Gasteiger partial charge in [0.05, 0.1) is 25.9 Å². The molecule has 2 aromatic carbocycles.